The molecule has 1 aliphatic heterocycles. The van der Waals surface area contributed by atoms with Crippen LogP contribution in [0.3, 0.4) is 0 Å². The minimum absolute atomic E-state index is 0.0757. The number of hydrogen-bond donors (Lipinski definition) is 2. The number of rotatable bonds is 10. The molecule has 0 unspecified atom stereocenters. The summed E-state index contributed by atoms with van der Waals surface area (Å²) in [5, 5.41) is 6.34. The molecule has 1 atom stereocenters. The summed E-state index contributed by atoms with van der Waals surface area (Å²) >= 11 is 0. The number of benzene rings is 2. The predicted octanol–water partition coefficient (Wildman–Crippen LogP) is 4.13. The van der Waals surface area contributed by atoms with Gasteiger partial charge in [-0.25, -0.2) is 4.98 Å². The standard InChI is InChI=1S/C28H35N5O4/c1-19-7-9-20(10-8-19)11-13-29-27(34)21-6-5-15-33(18-21)25-12-14-30-28(32-25)31-22-16-23(35-2)26(37-4)24(17-22)36-3/h7-10,12,14,16-17,21H,5-6,11,13,15,18H2,1-4H3,(H,29,34)(H,30,31,32)/t21-/m0/s1. The number of nitrogens with zero attached hydrogens (tertiary/aromatic N) is 3. The minimum Gasteiger partial charge on any atom is -0.493 e. The van der Waals surface area contributed by atoms with Crippen molar-refractivity contribution in [3.63, 3.8) is 0 Å². The molecular formula is C28H35N5O4. The number of amides is 1. The second kappa shape index (κ2) is 12.3. The van der Waals surface area contributed by atoms with Crippen molar-refractivity contribution in [1.29, 1.82) is 0 Å². The Morgan fingerprint density at radius 3 is 2.46 bits per heavy atom. The van der Waals surface area contributed by atoms with Crippen molar-refractivity contribution in [2.75, 3.05) is 51.2 Å². The number of aromatic nitrogens is 2. The Kier molecular flexibility index (Phi) is 8.66. The van der Waals surface area contributed by atoms with Gasteiger partial charge in [-0.1, -0.05) is 29.8 Å². The predicted molar refractivity (Wildman–Crippen MR) is 144 cm³/mol. The number of methoxy groups -OCH3 is 3. The zero-order chi connectivity index (χ0) is 26.2. The summed E-state index contributed by atoms with van der Waals surface area (Å²) in [6.45, 7) is 4.17. The highest BCUT2D eigenvalue weighted by Crippen LogP contribution is 2.40. The van der Waals surface area contributed by atoms with Gasteiger partial charge in [-0.3, -0.25) is 4.79 Å². The Morgan fingerprint density at radius 1 is 1.05 bits per heavy atom. The normalized spacial score (nSPS) is 15.1. The smallest absolute Gasteiger partial charge is 0.229 e. The Bertz CT molecular complexity index is 1180. The second-order valence-corrected chi connectivity index (χ2v) is 9.09. The topological polar surface area (TPSA) is 97.8 Å². The molecule has 4 rings (SSSR count). The molecule has 2 aromatic carbocycles. The van der Waals surface area contributed by atoms with Crippen LogP contribution in [0.2, 0.25) is 0 Å². The van der Waals surface area contributed by atoms with Gasteiger partial charge in [-0.05, 0) is 37.8 Å². The minimum atomic E-state index is -0.0757. The molecule has 1 amide bonds. The summed E-state index contributed by atoms with van der Waals surface area (Å²) in [5.41, 5.74) is 3.17. The van der Waals surface area contributed by atoms with Gasteiger partial charge >= 0.3 is 0 Å². The first kappa shape index (κ1) is 26.1. The molecule has 2 N–H and O–H groups in total. The molecule has 1 saturated heterocycles. The summed E-state index contributed by atoms with van der Waals surface area (Å²) in [6, 6.07) is 13.9. The number of aryl methyl sites for hydroxylation is 1. The first-order chi connectivity index (χ1) is 18.0. The van der Waals surface area contributed by atoms with E-state index >= 15 is 0 Å². The first-order valence-corrected chi connectivity index (χ1v) is 12.5. The number of hydrogen-bond acceptors (Lipinski definition) is 8. The van der Waals surface area contributed by atoms with Crippen LogP contribution in [0.25, 0.3) is 0 Å². The van der Waals surface area contributed by atoms with E-state index in [0.29, 0.717) is 42.0 Å². The van der Waals surface area contributed by atoms with Crippen molar-refractivity contribution in [2.45, 2.75) is 26.2 Å². The number of carbonyl (C=O) groups is 1. The lowest BCUT2D eigenvalue weighted by atomic mass is 9.97. The molecule has 0 saturated carbocycles. The van der Waals surface area contributed by atoms with Gasteiger partial charge in [0.1, 0.15) is 5.82 Å². The maximum atomic E-state index is 12.9. The van der Waals surface area contributed by atoms with E-state index in [2.05, 4.69) is 51.7 Å². The van der Waals surface area contributed by atoms with Crippen molar-refractivity contribution in [2.24, 2.45) is 5.92 Å². The average Bonchev–Trinajstić information content (AvgIpc) is 2.93. The number of ether oxygens (including phenoxy) is 3. The third-order valence-electron chi connectivity index (χ3n) is 6.51. The molecule has 2 heterocycles. The molecule has 1 aromatic heterocycles. The highest BCUT2D eigenvalue weighted by Gasteiger charge is 2.26. The molecule has 3 aromatic rings. The van der Waals surface area contributed by atoms with Crippen molar-refractivity contribution >= 4 is 23.4 Å². The van der Waals surface area contributed by atoms with E-state index in [0.717, 1.165) is 31.6 Å². The monoisotopic (exact) mass is 505 g/mol. The Morgan fingerprint density at radius 2 is 1.78 bits per heavy atom. The fraction of sp³-hybridized carbons (Fsp3) is 0.393. The Balaban J connectivity index is 1.38. The van der Waals surface area contributed by atoms with Crippen molar-refractivity contribution in [1.82, 2.24) is 15.3 Å². The number of nitrogens with one attached hydrogen (secondary N) is 2. The lowest BCUT2D eigenvalue weighted by Gasteiger charge is -2.33. The van der Waals surface area contributed by atoms with Crippen molar-refractivity contribution in [3.05, 3.63) is 59.8 Å². The Hall–Kier alpha value is -4.01. The quantitative estimate of drug-likeness (QED) is 0.425. The molecule has 0 radical (unpaired) electrons. The van der Waals surface area contributed by atoms with Crippen LogP contribution in [-0.2, 0) is 11.2 Å². The van der Waals surface area contributed by atoms with E-state index in [-0.39, 0.29) is 11.8 Å². The largest absolute Gasteiger partial charge is 0.493 e. The lowest BCUT2D eigenvalue weighted by molar-refractivity contribution is -0.125. The fourth-order valence-corrected chi connectivity index (χ4v) is 4.50. The van der Waals surface area contributed by atoms with Gasteiger partial charge in [0.2, 0.25) is 17.6 Å². The van der Waals surface area contributed by atoms with E-state index in [1.165, 1.54) is 11.1 Å². The summed E-state index contributed by atoms with van der Waals surface area (Å²) in [7, 11) is 4.71. The van der Waals surface area contributed by atoms with E-state index in [1.807, 2.05) is 6.07 Å². The highest BCUT2D eigenvalue weighted by atomic mass is 16.5. The second-order valence-electron chi connectivity index (χ2n) is 9.09. The fourth-order valence-electron chi connectivity index (χ4n) is 4.50. The van der Waals surface area contributed by atoms with Gasteiger partial charge in [-0.2, -0.15) is 4.98 Å². The lowest BCUT2D eigenvalue weighted by Crippen LogP contribution is -2.43. The molecule has 9 nitrogen and oxygen atoms in total. The van der Waals surface area contributed by atoms with Gasteiger partial charge in [0.05, 0.1) is 27.2 Å². The van der Waals surface area contributed by atoms with Crippen LogP contribution in [0, 0.1) is 12.8 Å². The van der Waals surface area contributed by atoms with Crippen LogP contribution < -0.4 is 29.7 Å². The molecule has 9 heteroatoms. The van der Waals surface area contributed by atoms with Gasteiger partial charge in [0.25, 0.3) is 0 Å². The molecule has 0 aliphatic carbocycles. The van der Waals surface area contributed by atoms with E-state index in [1.54, 1.807) is 39.7 Å². The maximum absolute atomic E-state index is 12.9. The van der Waals surface area contributed by atoms with Gasteiger partial charge in [0.15, 0.2) is 11.5 Å². The van der Waals surface area contributed by atoms with Gasteiger partial charge in [-0.15, -0.1) is 0 Å². The van der Waals surface area contributed by atoms with E-state index in [9.17, 15) is 4.79 Å². The molecular weight excluding hydrogens is 470 g/mol. The molecule has 1 fully saturated rings. The first-order valence-electron chi connectivity index (χ1n) is 12.5. The van der Waals surface area contributed by atoms with Crippen molar-refractivity contribution < 1.29 is 19.0 Å². The highest BCUT2D eigenvalue weighted by molar-refractivity contribution is 5.79. The maximum Gasteiger partial charge on any atom is 0.229 e. The summed E-state index contributed by atoms with van der Waals surface area (Å²) in [4.78, 5) is 24.1. The third kappa shape index (κ3) is 6.61. The van der Waals surface area contributed by atoms with Crippen LogP contribution in [0.1, 0.15) is 24.0 Å². The van der Waals surface area contributed by atoms with Crippen LogP contribution in [0.4, 0.5) is 17.5 Å². The van der Waals surface area contributed by atoms with Crippen LogP contribution in [0.15, 0.2) is 48.7 Å². The summed E-state index contributed by atoms with van der Waals surface area (Å²) in [5.74, 6) is 2.83. The van der Waals surface area contributed by atoms with Crippen molar-refractivity contribution in [3.8, 4) is 17.2 Å². The summed E-state index contributed by atoms with van der Waals surface area (Å²) < 4.78 is 16.3. The van der Waals surface area contributed by atoms with Crippen LogP contribution in [0.5, 0.6) is 17.2 Å². The third-order valence-corrected chi connectivity index (χ3v) is 6.51. The number of carbonyl (C=O) groups excluding carboxylic acids is 1. The van der Waals surface area contributed by atoms with Crippen LogP contribution in [-0.4, -0.2) is 56.8 Å². The molecule has 196 valence electrons. The molecule has 0 spiro atoms. The summed E-state index contributed by atoms with van der Waals surface area (Å²) in [6.07, 6.45) is 4.34. The average molecular weight is 506 g/mol. The zero-order valence-electron chi connectivity index (χ0n) is 21.9. The number of piperidine rings is 1. The van der Waals surface area contributed by atoms with Gasteiger partial charge < -0.3 is 29.7 Å². The molecule has 0 bridgehead atoms. The SMILES string of the molecule is COc1cc(Nc2nccc(N3CCC[C@H](C(=O)NCCc4ccc(C)cc4)C3)n2)cc(OC)c1OC. The molecule has 1 aliphatic rings. The molecule has 37 heavy (non-hydrogen) atoms. The Labute approximate surface area is 218 Å². The van der Waals surface area contributed by atoms with E-state index < -0.39 is 0 Å². The number of anilines is 3. The zero-order valence-corrected chi connectivity index (χ0v) is 21.9. The van der Waals surface area contributed by atoms with E-state index in [4.69, 9.17) is 19.2 Å². The van der Waals surface area contributed by atoms with Crippen LogP contribution >= 0.6 is 0 Å². The van der Waals surface area contributed by atoms with Gasteiger partial charge in [0, 0.05) is 43.7 Å².